The van der Waals surface area contributed by atoms with Gasteiger partial charge in [-0.3, -0.25) is 4.21 Å². The molecule has 1 rings (SSSR count). The monoisotopic (exact) mass is 239 g/mol. The smallest absolute Gasteiger partial charge is 0.0535 e. The quantitative estimate of drug-likeness (QED) is 0.802. The molecule has 90 valence electrons. The molecule has 2 nitrogen and oxygen atoms in total. The predicted octanol–water partition coefficient (Wildman–Crippen LogP) is 3.12. The van der Waals surface area contributed by atoms with E-state index in [4.69, 9.17) is 5.73 Å². The summed E-state index contributed by atoms with van der Waals surface area (Å²) in [6.07, 6.45) is 2.17. The summed E-state index contributed by atoms with van der Waals surface area (Å²) in [5, 5.41) is 0. The van der Waals surface area contributed by atoms with Crippen molar-refractivity contribution in [3.05, 3.63) is 23.8 Å². The normalized spacial score (nSPS) is 13.0. The van der Waals surface area contributed by atoms with E-state index in [1.54, 1.807) is 0 Å². The average molecular weight is 239 g/mol. The first-order valence-electron chi connectivity index (χ1n) is 5.83. The van der Waals surface area contributed by atoms with Gasteiger partial charge in [-0.2, -0.15) is 0 Å². The molecular formula is C13H21NOS. The van der Waals surface area contributed by atoms with Crippen molar-refractivity contribution < 1.29 is 4.21 Å². The van der Waals surface area contributed by atoms with Crippen LogP contribution in [0.1, 0.15) is 32.3 Å². The van der Waals surface area contributed by atoms with Gasteiger partial charge in [-0.05, 0) is 30.5 Å². The molecule has 0 aliphatic carbocycles. The molecule has 1 aromatic carbocycles. The van der Waals surface area contributed by atoms with Gasteiger partial charge in [0.1, 0.15) is 0 Å². The van der Waals surface area contributed by atoms with E-state index in [0.717, 1.165) is 34.7 Å². The molecule has 0 heterocycles. The molecule has 2 N–H and O–H groups in total. The summed E-state index contributed by atoms with van der Waals surface area (Å²) in [4.78, 5) is 0.895. The number of nitrogen functional groups attached to an aromatic ring is 1. The molecule has 0 fully saturated rings. The Kier molecular flexibility index (Phi) is 5.00. The van der Waals surface area contributed by atoms with E-state index in [1.165, 1.54) is 0 Å². The van der Waals surface area contributed by atoms with Crippen LogP contribution in [0.5, 0.6) is 0 Å². The van der Waals surface area contributed by atoms with E-state index in [1.807, 2.05) is 25.1 Å². The second-order valence-electron chi connectivity index (χ2n) is 4.17. The number of benzene rings is 1. The minimum absolute atomic E-state index is 0.543. The Balaban J connectivity index is 2.84. The van der Waals surface area contributed by atoms with E-state index >= 15 is 0 Å². The number of nitrogens with two attached hydrogens (primary N) is 1. The Labute approximate surface area is 101 Å². The lowest BCUT2D eigenvalue weighted by Gasteiger charge is -2.13. The van der Waals surface area contributed by atoms with E-state index in [0.29, 0.717) is 5.92 Å². The maximum atomic E-state index is 12.2. The number of hydrogen-bond acceptors (Lipinski definition) is 2. The second-order valence-corrected chi connectivity index (χ2v) is 5.63. The molecule has 0 amide bonds. The van der Waals surface area contributed by atoms with Crippen molar-refractivity contribution in [3.8, 4) is 0 Å². The minimum Gasteiger partial charge on any atom is -0.398 e. The molecule has 16 heavy (non-hydrogen) atoms. The van der Waals surface area contributed by atoms with Crippen LogP contribution in [0.25, 0.3) is 0 Å². The Hall–Kier alpha value is -0.830. The first-order chi connectivity index (χ1) is 7.60. The Morgan fingerprint density at radius 1 is 1.31 bits per heavy atom. The molecule has 3 heteroatoms. The zero-order chi connectivity index (χ0) is 12.1. The third-order valence-electron chi connectivity index (χ3n) is 3.11. The highest BCUT2D eigenvalue weighted by molar-refractivity contribution is 7.85. The molecule has 0 aliphatic rings. The third-order valence-corrected chi connectivity index (χ3v) is 4.82. The van der Waals surface area contributed by atoms with E-state index < -0.39 is 10.8 Å². The average Bonchev–Trinajstić information content (AvgIpc) is 2.29. The van der Waals surface area contributed by atoms with Crippen LogP contribution in [0.3, 0.4) is 0 Å². The molecule has 0 aliphatic heterocycles. The molecule has 1 aromatic rings. The number of anilines is 1. The molecule has 0 aromatic heterocycles. The van der Waals surface area contributed by atoms with Gasteiger partial charge in [-0.15, -0.1) is 0 Å². The van der Waals surface area contributed by atoms with Crippen LogP contribution in [0.15, 0.2) is 23.1 Å². The van der Waals surface area contributed by atoms with Gasteiger partial charge in [0, 0.05) is 16.3 Å². The van der Waals surface area contributed by atoms with Crippen molar-refractivity contribution in [3.63, 3.8) is 0 Å². The number of hydrogen-bond donors (Lipinski definition) is 1. The fraction of sp³-hybridized carbons (Fsp3) is 0.538. The lowest BCUT2D eigenvalue weighted by molar-refractivity contribution is 0.544. The number of rotatable bonds is 5. The van der Waals surface area contributed by atoms with Gasteiger partial charge in [0.25, 0.3) is 0 Å². The maximum Gasteiger partial charge on any atom is 0.0535 e. The summed E-state index contributed by atoms with van der Waals surface area (Å²) in [7, 11) is -0.915. The fourth-order valence-corrected chi connectivity index (χ4v) is 3.48. The summed E-state index contributed by atoms with van der Waals surface area (Å²) in [5.41, 5.74) is 7.52. The summed E-state index contributed by atoms with van der Waals surface area (Å²) in [6.45, 7) is 6.24. The van der Waals surface area contributed by atoms with E-state index in [-0.39, 0.29) is 0 Å². The highest BCUT2D eigenvalue weighted by Crippen LogP contribution is 2.21. The van der Waals surface area contributed by atoms with E-state index in [9.17, 15) is 4.21 Å². The first kappa shape index (κ1) is 13.2. The van der Waals surface area contributed by atoms with Gasteiger partial charge in [0.2, 0.25) is 0 Å². The van der Waals surface area contributed by atoms with Gasteiger partial charge >= 0.3 is 0 Å². The topological polar surface area (TPSA) is 43.1 Å². The zero-order valence-electron chi connectivity index (χ0n) is 10.3. The largest absolute Gasteiger partial charge is 0.398 e. The Morgan fingerprint density at radius 3 is 2.50 bits per heavy atom. The molecular weight excluding hydrogens is 218 g/mol. The molecule has 0 saturated carbocycles. The van der Waals surface area contributed by atoms with Gasteiger partial charge in [0.05, 0.1) is 10.8 Å². The van der Waals surface area contributed by atoms with Crippen molar-refractivity contribution in [2.75, 3.05) is 11.5 Å². The Bertz CT molecular complexity index is 372. The third kappa shape index (κ3) is 3.08. The lowest BCUT2D eigenvalue weighted by Crippen LogP contribution is -2.11. The van der Waals surface area contributed by atoms with Crippen molar-refractivity contribution in [2.24, 2.45) is 5.92 Å². The lowest BCUT2D eigenvalue weighted by atomic mass is 10.1. The van der Waals surface area contributed by atoms with Crippen LogP contribution in [0.4, 0.5) is 5.69 Å². The minimum atomic E-state index is -0.915. The SMILES string of the molecule is CCC(CC)CS(=O)c1cccc(N)c1C. The molecule has 0 bridgehead atoms. The highest BCUT2D eigenvalue weighted by atomic mass is 32.2. The second kappa shape index (κ2) is 6.04. The summed E-state index contributed by atoms with van der Waals surface area (Å²) in [6, 6.07) is 5.65. The molecule has 0 radical (unpaired) electrons. The van der Waals surface area contributed by atoms with Crippen LogP contribution >= 0.6 is 0 Å². The van der Waals surface area contributed by atoms with Crippen LogP contribution in [0, 0.1) is 12.8 Å². The summed E-state index contributed by atoms with van der Waals surface area (Å²) in [5.74, 6) is 1.29. The van der Waals surface area contributed by atoms with Crippen molar-refractivity contribution >= 4 is 16.5 Å². The molecule has 0 saturated heterocycles. The van der Waals surface area contributed by atoms with Crippen LogP contribution in [0.2, 0.25) is 0 Å². The van der Waals surface area contributed by atoms with Crippen molar-refractivity contribution in [2.45, 2.75) is 38.5 Å². The van der Waals surface area contributed by atoms with Gasteiger partial charge < -0.3 is 5.73 Å². The van der Waals surface area contributed by atoms with Crippen LogP contribution < -0.4 is 5.73 Å². The zero-order valence-corrected chi connectivity index (χ0v) is 11.1. The fourth-order valence-electron chi connectivity index (χ4n) is 1.71. The first-order valence-corrected chi connectivity index (χ1v) is 7.15. The van der Waals surface area contributed by atoms with Crippen LogP contribution in [-0.2, 0) is 10.8 Å². The Morgan fingerprint density at radius 2 is 1.94 bits per heavy atom. The van der Waals surface area contributed by atoms with Crippen LogP contribution in [-0.4, -0.2) is 9.96 Å². The van der Waals surface area contributed by atoms with E-state index in [2.05, 4.69) is 13.8 Å². The van der Waals surface area contributed by atoms with Crippen molar-refractivity contribution in [1.82, 2.24) is 0 Å². The maximum absolute atomic E-state index is 12.2. The van der Waals surface area contributed by atoms with Gasteiger partial charge in [-0.1, -0.05) is 32.8 Å². The standard InChI is InChI=1S/C13H21NOS/c1-4-11(5-2)9-16(15)13-8-6-7-12(14)10(13)3/h6-8,11H,4-5,9,14H2,1-3H3. The van der Waals surface area contributed by atoms with Crippen molar-refractivity contribution in [1.29, 1.82) is 0 Å². The summed E-state index contributed by atoms with van der Waals surface area (Å²) < 4.78 is 12.2. The molecule has 0 spiro atoms. The molecule has 1 unspecified atom stereocenters. The summed E-state index contributed by atoms with van der Waals surface area (Å²) >= 11 is 0. The highest BCUT2D eigenvalue weighted by Gasteiger charge is 2.13. The van der Waals surface area contributed by atoms with Gasteiger partial charge in [-0.25, -0.2) is 0 Å². The van der Waals surface area contributed by atoms with Gasteiger partial charge in [0.15, 0.2) is 0 Å². The predicted molar refractivity (Wildman–Crippen MR) is 70.9 cm³/mol. The molecule has 1 atom stereocenters.